The molecular weight excluding hydrogens is 302 g/mol. The molecule has 4 rings (SSSR count). The molecule has 1 aromatic carbocycles. The van der Waals surface area contributed by atoms with Crippen molar-refractivity contribution in [2.45, 2.75) is 38.5 Å². The second kappa shape index (κ2) is 5.64. The van der Waals surface area contributed by atoms with Crippen LogP contribution in [0, 0.1) is 11.3 Å². The van der Waals surface area contributed by atoms with E-state index in [1.807, 2.05) is 23.1 Å². The Morgan fingerprint density at radius 3 is 2.17 bits per heavy atom. The van der Waals surface area contributed by atoms with Crippen molar-refractivity contribution in [1.82, 2.24) is 5.32 Å². The van der Waals surface area contributed by atoms with Crippen molar-refractivity contribution in [3.05, 3.63) is 52.6 Å². The average Bonchev–Trinajstić information content (AvgIpc) is 2.61. The summed E-state index contributed by atoms with van der Waals surface area (Å²) >= 11 is 0. The van der Waals surface area contributed by atoms with Crippen molar-refractivity contribution in [3.8, 4) is 6.07 Å². The maximum atomic E-state index is 12.4. The summed E-state index contributed by atoms with van der Waals surface area (Å²) in [7, 11) is 0. The van der Waals surface area contributed by atoms with Gasteiger partial charge in [-0.3, -0.25) is 9.59 Å². The monoisotopic (exact) mass is 319 g/mol. The van der Waals surface area contributed by atoms with E-state index in [-0.39, 0.29) is 11.6 Å². The van der Waals surface area contributed by atoms with Gasteiger partial charge in [0.15, 0.2) is 11.6 Å². The molecule has 2 aliphatic carbocycles. The Labute approximate surface area is 140 Å². The Hall–Kier alpha value is -2.87. The zero-order valence-electron chi connectivity index (χ0n) is 13.3. The number of nitriles is 1. The lowest BCUT2D eigenvalue weighted by atomic mass is 9.90. The Bertz CT molecular complexity index is 816. The van der Waals surface area contributed by atoms with Gasteiger partial charge in [0.2, 0.25) is 0 Å². The van der Waals surface area contributed by atoms with Crippen molar-refractivity contribution in [2.24, 2.45) is 0 Å². The molecule has 0 fully saturated rings. The van der Waals surface area contributed by atoms with Crippen LogP contribution in [0.3, 0.4) is 0 Å². The number of rotatable bonds is 1. The number of hydrogen-bond acceptors (Lipinski definition) is 5. The van der Waals surface area contributed by atoms with Crippen LogP contribution in [-0.4, -0.2) is 11.6 Å². The fourth-order valence-corrected chi connectivity index (χ4v) is 3.70. The minimum absolute atomic E-state index is 0.0580. The SMILES string of the molecule is N#Cc1cccc(N2C3=C(NC4=C2CCCC4=O)C(=O)CCC3)c1. The molecule has 24 heavy (non-hydrogen) atoms. The van der Waals surface area contributed by atoms with E-state index in [1.54, 1.807) is 6.07 Å². The molecule has 5 heteroatoms. The van der Waals surface area contributed by atoms with Crippen LogP contribution in [0.4, 0.5) is 5.69 Å². The predicted octanol–water partition coefficient (Wildman–Crippen LogP) is 2.90. The number of carbonyl (C=O) groups excluding carboxylic acids is 2. The summed E-state index contributed by atoms with van der Waals surface area (Å²) < 4.78 is 0. The third kappa shape index (κ3) is 2.23. The van der Waals surface area contributed by atoms with Crippen LogP contribution in [0.1, 0.15) is 44.1 Å². The van der Waals surface area contributed by atoms with Crippen LogP contribution in [0.15, 0.2) is 47.1 Å². The van der Waals surface area contributed by atoms with Gasteiger partial charge in [0.1, 0.15) is 11.4 Å². The zero-order chi connectivity index (χ0) is 16.7. The summed E-state index contributed by atoms with van der Waals surface area (Å²) in [6, 6.07) is 9.51. The molecule has 5 nitrogen and oxygen atoms in total. The molecule has 1 heterocycles. The molecule has 120 valence electrons. The lowest BCUT2D eigenvalue weighted by Crippen LogP contribution is -2.42. The van der Waals surface area contributed by atoms with Gasteiger partial charge in [0.05, 0.1) is 23.0 Å². The normalized spacial score (nSPS) is 20.4. The van der Waals surface area contributed by atoms with E-state index in [2.05, 4.69) is 11.4 Å². The molecule has 1 N–H and O–H groups in total. The summed E-state index contributed by atoms with van der Waals surface area (Å²) in [6.07, 6.45) is 4.21. The van der Waals surface area contributed by atoms with Gasteiger partial charge in [0, 0.05) is 18.5 Å². The molecular formula is C19H17N3O2. The van der Waals surface area contributed by atoms with Gasteiger partial charge in [-0.05, 0) is 43.9 Å². The number of nitrogens with zero attached hydrogens (tertiary/aromatic N) is 2. The van der Waals surface area contributed by atoms with Crippen molar-refractivity contribution >= 4 is 17.3 Å². The summed E-state index contributed by atoms with van der Waals surface area (Å²) in [5, 5.41) is 12.3. The van der Waals surface area contributed by atoms with Gasteiger partial charge in [-0.15, -0.1) is 0 Å². The second-order valence-electron chi connectivity index (χ2n) is 6.32. The topological polar surface area (TPSA) is 73.2 Å². The Morgan fingerprint density at radius 1 is 0.958 bits per heavy atom. The van der Waals surface area contributed by atoms with Crippen LogP contribution in [0.2, 0.25) is 0 Å². The third-order valence-electron chi connectivity index (χ3n) is 4.79. The van der Waals surface area contributed by atoms with Gasteiger partial charge in [-0.25, -0.2) is 0 Å². The van der Waals surface area contributed by atoms with E-state index in [0.29, 0.717) is 29.8 Å². The molecule has 1 aliphatic heterocycles. The number of benzene rings is 1. The molecule has 0 atom stereocenters. The Kier molecular flexibility index (Phi) is 3.46. The number of nitrogens with one attached hydrogen (secondary N) is 1. The lowest BCUT2D eigenvalue weighted by Gasteiger charge is -2.40. The number of anilines is 1. The molecule has 1 aromatic rings. The highest BCUT2D eigenvalue weighted by Crippen LogP contribution is 2.39. The lowest BCUT2D eigenvalue weighted by molar-refractivity contribution is -0.117. The molecule has 0 aromatic heterocycles. The fourth-order valence-electron chi connectivity index (χ4n) is 3.70. The highest BCUT2D eigenvalue weighted by molar-refractivity contribution is 6.04. The van der Waals surface area contributed by atoms with Crippen molar-refractivity contribution in [3.63, 3.8) is 0 Å². The molecule has 0 spiro atoms. The number of Topliss-reactive ketones (excluding diaryl/α,β-unsaturated/α-hetero) is 2. The van der Waals surface area contributed by atoms with E-state index in [4.69, 9.17) is 0 Å². The summed E-state index contributed by atoms with van der Waals surface area (Å²) in [5.41, 5.74) is 4.37. The van der Waals surface area contributed by atoms with E-state index in [0.717, 1.165) is 42.8 Å². The average molecular weight is 319 g/mol. The molecule has 3 aliphatic rings. The first-order chi connectivity index (χ1) is 11.7. The van der Waals surface area contributed by atoms with Gasteiger partial charge in [0.25, 0.3) is 0 Å². The molecule has 0 unspecified atom stereocenters. The van der Waals surface area contributed by atoms with E-state index >= 15 is 0 Å². The highest BCUT2D eigenvalue weighted by atomic mass is 16.1. The standard InChI is InChI=1S/C19H17N3O2/c20-11-12-4-1-5-13(10-12)22-14-6-2-8-16(23)18(14)21-19-15(22)7-3-9-17(19)24/h1,4-5,10,21H,2-3,6-9H2. The predicted molar refractivity (Wildman–Crippen MR) is 88.5 cm³/mol. The van der Waals surface area contributed by atoms with Crippen LogP contribution in [0.5, 0.6) is 0 Å². The smallest absolute Gasteiger partial charge is 0.180 e. The number of carbonyl (C=O) groups is 2. The third-order valence-corrected chi connectivity index (χ3v) is 4.79. The summed E-state index contributed by atoms with van der Waals surface area (Å²) in [6.45, 7) is 0. The quantitative estimate of drug-likeness (QED) is 0.861. The maximum absolute atomic E-state index is 12.4. The van der Waals surface area contributed by atoms with Gasteiger partial charge >= 0.3 is 0 Å². The molecule has 0 bridgehead atoms. The zero-order valence-corrected chi connectivity index (χ0v) is 13.3. The van der Waals surface area contributed by atoms with Crippen LogP contribution in [0.25, 0.3) is 0 Å². The van der Waals surface area contributed by atoms with Gasteiger partial charge in [-0.2, -0.15) is 5.26 Å². The van der Waals surface area contributed by atoms with Crippen molar-refractivity contribution < 1.29 is 9.59 Å². The van der Waals surface area contributed by atoms with E-state index in [1.165, 1.54) is 0 Å². The van der Waals surface area contributed by atoms with Crippen molar-refractivity contribution in [2.75, 3.05) is 4.90 Å². The number of allylic oxidation sites excluding steroid dienone is 4. The summed E-state index contributed by atoms with van der Waals surface area (Å²) in [5.74, 6) is 0.116. The first-order valence-electron chi connectivity index (χ1n) is 8.29. The molecule has 0 saturated heterocycles. The van der Waals surface area contributed by atoms with E-state index in [9.17, 15) is 14.9 Å². The number of ketones is 2. The van der Waals surface area contributed by atoms with Gasteiger partial charge < -0.3 is 10.2 Å². The second-order valence-corrected chi connectivity index (χ2v) is 6.32. The van der Waals surface area contributed by atoms with Crippen molar-refractivity contribution in [1.29, 1.82) is 5.26 Å². The highest BCUT2D eigenvalue weighted by Gasteiger charge is 2.36. The van der Waals surface area contributed by atoms with Crippen LogP contribution in [-0.2, 0) is 9.59 Å². The number of hydrogen-bond donors (Lipinski definition) is 1. The van der Waals surface area contributed by atoms with Gasteiger partial charge in [-0.1, -0.05) is 6.07 Å². The van der Waals surface area contributed by atoms with Crippen LogP contribution >= 0.6 is 0 Å². The van der Waals surface area contributed by atoms with Crippen LogP contribution < -0.4 is 10.2 Å². The Balaban J connectivity index is 1.91. The molecule has 0 amide bonds. The summed E-state index contributed by atoms with van der Waals surface area (Å²) in [4.78, 5) is 26.8. The minimum atomic E-state index is 0.0580. The first kappa shape index (κ1) is 14.7. The molecule has 0 radical (unpaired) electrons. The first-order valence-corrected chi connectivity index (χ1v) is 8.29. The van der Waals surface area contributed by atoms with E-state index < -0.39 is 0 Å². The Morgan fingerprint density at radius 2 is 1.58 bits per heavy atom. The minimum Gasteiger partial charge on any atom is -0.347 e. The molecule has 0 saturated carbocycles. The largest absolute Gasteiger partial charge is 0.347 e. The fraction of sp³-hybridized carbons (Fsp3) is 0.316. The maximum Gasteiger partial charge on any atom is 0.180 e.